The van der Waals surface area contributed by atoms with E-state index in [0.29, 0.717) is 13.1 Å². The lowest BCUT2D eigenvalue weighted by molar-refractivity contribution is -0.129. The van der Waals surface area contributed by atoms with Crippen molar-refractivity contribution in [2.24, 2.45) is 0 Å². The van der Waals surface area contributed by atoms with Crippen molar-refractivity contribution in [1.29, 1.82) is 0 Å². The van der Waals surface area contributed by atoms with Crippen LogP contribution in [-0.2, 0) is 4.79 Å². The van der Waals surface area contributed by atoms with Crippen LogP contribution in [0.1, 0.15) is 25.7 Å². The van der Waals surface area contributed by atoms with Crippen LogP contribution in [0.25, 0.3) is 0 Å². The minimum atomic E-state index is -0.246. The lowest BCUT2D eigenvalue weighted by atomic mass is 10.3. The summed E-state index contributed by atoms with van der Waals surface area (Å²) in [7, 11) is 1.85. The summed E-state index contributed by atoms with van der Waals surface area (Å²) < 4.78 is 0. The van der Waals surface area contributed by atoms with E-state index < -0.39 is 0 Å². The number of likely N-dealkylation sites (N-methyl/N-ethyl adjacent to an activating group) is 1. The Kier molecular flexibility index (Phi) is 3.61. The first kappa shape index (κ1) is 11.6. The molecule has 0 bridgehead atoms. The van der Waals surface area contributed by atoms with E-state index in [0.717, 1.165) is 37.9 Å². The molecule has 0 aromatic heterocycles. The van der Waals surface area contributed by atoms with E-state index >= 15 is 0 Å². The molecule has 1 saturated heterocycles. The van der Waals surface area contributed by atoms with Crippen LogP contribution in [0.4, 0.5) is 0 Å². The zero-order valence-electron chi connectivity index (χ0n) is 9.85. The van der Waals surface area contributed by atoms with E-state index in [2.05, 4.69) is 6.08 Å². The van der Waals surface area contributed by atoms with Gasteiger partial charge in [-0.1, -0.05) is 6.08 Å². The van der Waals surface area contributed by atoms with Crippen molar-refractivity contribution in [3.8, 4) is 0 Å². The van der Waals surface area contributed by atoms with E-state index in [1.165, 1.54) is 0 Å². The Bertz CT molecular complexity index is 301. The molecule has 1 heterocycles. The molecule has 1 fully saturated rings. The Morgan fingerprint density at radius 3 is 3.06 bits per heavy atom. The van der Waals surface area contributed by atoms with Crippen molar-refractivity contribution >= 4 is 5.91 Å². The highest BCUT2D eigenvalue weighted by atomic mass is 16.3. The summed E-state index contributed by atoms with van der Waals surface area (Å²) in [5.41, 5.74) is 1.16. The van der Waals surface area contributed by atoms with Crippen molar-refractivity contribution in [2.45, 2.75) is 31.8 Å². The minimum Gasteiger partial charge on any atom is -0.392 e. The molecule has 1 atom stereocenters. The lowest BCUT2D eigenvalue weighted by Gasteiger charge is -2.22. The van der Waals surface area contributed by atoms with Gasteiger partial charge in [0.1, 0.15) is 0 Å². The summed E-state index contributed by atoms with van der Waals surface area (Å²) in [6, 6.07) is 0. The fraction of sp³-hybridized carbons (Fsp3) is 0.750. The van der Waals surface area contributed by atoms with Crippen LogP contribution >= 0.6 is 0 Å². The summed E-state index contributed by atoms with van der Waals surface area (Å²) in [4.78, 5) is 15.8. The van der Waals surface area contributed by atoms with Gasteiger partial charge in [0.2, 0.25) is 5.91 Å². The summed E-state index contributed by atoms with van der Waals surface area (Å²) >= 11 is 0. The molecule has 1 amide bonds. The van der Waals surface area contributed by atoms with Crippen molar-refractivity contribution < 1.29 is 9.90 Å². The second-order valence-corrected chi connectivity index (χ2v) is 4.72. The predicted molar refractivity (Wildman–Crippen MR) is 61.8 cm³/mol. The molecule has 16 heavy (non-hydrogen) atoms. The molecule has 0 aromatic rings. The number of nitrogens with zero attached hydrogens (tertiary/aromatic N) is 2. The van der Waals surface area contributed by atoms with Crippen molar-refractivity contribution in [1.82, 2.24) is 9.80 Å². The monoisotopic (exact) mass is 224 g/mol. The second kappa shape index (κ2) is 4.97. The van der Waals surface area contributed by atoms with E-state index in [1.807, 2.05) is 11.9 Å². The van der Waals surface area contributed by atoms with Gasteiger partial charge in [0.25, 0.3) is 0 Å². The molecule has 0 spiro atoms. The molecule has 1 N–H and O–H groups in total. The molecule has 0 radical (unpaired) electrons. The topological polar surface area (TPSA) is 43.8 Å². The first-order valence-electron chi connectivity index (χ1n) is 6.03. The van der Waals surface area contributed by atoms with Gasteiger partial charge in [-0.05, 0) is 25.7 Å². The molecule has 2 aliphatic rings. The predicted octanol–water partition coefficient (Wildman–Crippen LogP) is 0.579. The Morgan fingerprint density at radius 2 is 2.50 bits per heavy atom. The summed E-state index contributed by atoms with van der Waals surface area (Å²) in [5, 5.41) is 9.38. The lowest BCUT2D eigenvalue weighted by Crippen LogP contribution is -2.37. The molecular formula is C12H20N2O2. The molecule has 4 heteroatoms. The van der Waals surface area contributed by atoms with Gasteiger partial charge in [0, 0.05) is 25.8 Å². The van der Waals surface area contributed by atoms with E-state index in [4.69, 9.17) is 0 Å². The summed E-state index contributed by atoms with van der Waals surface area (Å²) in [6.07, 6.45) is 5.97. The van der Waals surface area contributed by atoms with Crippen molar-refractivity contribution in [3.05, 3.63) is 11.8 Å². The molecule has 2 rings (SSSR count). The van der Waals surface area contributed by atoms with Gasteiger partial charge in [-0.2, -0.15) is 0 Å². The first-order chi connectivity index (χ1) is 7.66. The van der Waals surface area contributed by atoms with Gasteiger partial charge in [0.15, 0.2) is 0 Å². The molecule has 0 aromatic carbocycles. The van der Waals surface area contributed by atoms with Crippen LogP contribution in [0.15, 0.2) is 11.8 Å². The van der Waals surface area contributed by atoms with Crippen LogP contribution in [-0.4, -0.2) is 53.6 Å². The van der Waals surface area contributed by atoms with Gasteiger partial charge >= 0.3 is 0 Å². The maximum atomic E-state index is 12.0. The quantitative estimate of drug-likeness (QED) is 0.762. The van der Waals surface area contributed by atoms with Crippen LogP contribution in [0.5, 0.6) is 0 Å². The highest BCUT2D eigenvalue weighted by molar-refractivity contribution is 5.79. The number of carbonyl (C=O) groups excluding carboxylic acids is 1. The van der Waals surface area contributed by atoms with E-state index in [-0.39, 0.29) is 12.0 Å². The molecule has 1 aliphatic carbocycles. The average molecular weight is 224 g/mol. The zero-order chi connectivity index (χ0) is 11.5. The van der Waals surface area contributed by atoms with Gasteiger partial charge < -0.3 is 10.0 Å². The number of carbonyl (C=O) groups is 1. The number of likely N-dealkylation sites (tertiary alicyclic amines) is 1. The number of rotatable bonds is 3. The van der Waals surface area contributed by atoms with Crippen LogP contribution in [0, 0.1) is 0 Å². The largest absolute Gasteiger partial charge is 0.392 e. The maximum absolute atomic E-state index is 12.0. The van der Waals surface area contributed by atoms with E-state index in [1.54, 1.807) is 4.90 Å². The molecule has 1 aliphatic heterocycles. The summed E-state index contributed by atoms with van der Waals surface area (Å²) in [5.74, 6) is 0.141. The Labute approximate surface area is 96.5 Å². The third kappa shape index (κ3) is 2.62. The first-order valence-corrected chi connectivity index (χ1v) is 6.03. The number of allylic oxidation sites excluding steroid dienone is 2. The third-order valence-corrected chi connectivity index (χ3v) is 3.43. The van der Waals surface area contributed by atoms with Crippen LogP contribution in [0.3, 0.4) is 0 Å². The highest BCUT2D eigenvalue weighted by Gasteiger charge is 2.24. The Morgan fingerprint density at radius 1 is 1.69 bits per heavy atom. The molecule has 1 unspecified atom stereocenters. The fourth-order valence-corrected chi connectivity index (χ4v) is 2.37. The van der Waals surface area contributed by atoms with Crippen molar-refractivity contribution in [2.75, 3.05) is 26.7 Å². The van der Waals surface area contributed by atoms with Gasteiger partial charge in [-0.15, -0.1) is 0 Å². The van der Waals surface area contributed by atoms with Crippen LogP contribution < -0.4 is 0 Å². The summed E-state index contributed by atoms with van der Waals surface area (Å²) in [6.45, 7) is 1.91. The number of hydrogen-bond acceptors (Lipinski definition) is 3. The number of hydrogen-bond donors (Lipinski definition) is 1. The van der Waals surface area contributed by atoms with Crippen molar-refractivity contribution in [3.63, 3.8) is 0 Å². The molecule has 4 nitrogen and oxygen atoms in total. The third-order valence-electron chi connectivity index (χ3n) is 3.43. The SMILES string of the molecule is CN(C(=O)CN1CCC(O)C1)C1=CCCC1. The number of β-amino-alcohol motifs (C(OH)–C–C–N with tert-alkyl or cyclic N) is 1. The second-order valence-electron chi connectivity index (χ2n) is 4.72. The smallest absolute Gasteiger partial charge is 0.240 e. The maximum Gasteiger partial charge on any atom is 0.240 e. The number of amides is 1. The minimum absolute atomic E-state index is 0.141. The normalized spacial score (nSPS) is 25.9. The number of aliphatic hydroxyl groups is 1. The van der Waals surface area contributed by atoms with Gasteiger partial charge in [0.05, 0.1) is 12.6 Å². The Balaban J connectivity index is 1.83. The fourth-order valence-electron chi connectivity index (χ4n) is 2.37. The standard InChI is InChI=1S/C12H20N2O2/c1-13(10-4-2-3-5-10)12(16)9-14-7-6-11(15)8-14/h4,11,15H,2-3,5-9H2,1H3. The molecule has 0 saturated carbocycles. The highest BCUT2D eigenvalue weighted by Crippen LogP contribution is 2.20. The number of aliphatic hydroxyl groups excluding tert-OH is 1. The molecular weight excluding hydrogens is 204 g/mol. The van der Waals surface area contributed by atoms with Gasteiger partial charge in [-0.3, -0.25) is 9.69 Å². The average Bonchev–Trinajstić information content (AvgIpc) is 2.88. The van der Waals surface area contributed by atoms with Crippen LogP contribution in [0.2, 0.25) is 0 Å². The van der Waals surface area contributed by atoms with E-state index in [9.17, 15) is 9.90 Å². The Hall–Kier alpha value is -0.870. The van der Waals surface area contributed by atoms with Gasteiger partial charge in [-0.25, -0.2) is 0 Å². The zero-order valence-corrected chi connectivity index (χ0v) is 9.85. The molecule has 90 valence electrons.